The maximum atomic E-state index is 13.3. The van der Waals surface area contributed by atoms with Gasteiger partial charge in [0.15, 0.2) is 18.0 Å². The van der Waals surface area contributed by atoms with Crippen molar-refractivity contribution in [2.75, 3.05) is 0 Å². The van der Waals surface area contributed by atoms with Crippen molar-refractivity contribution in [2.45, 2.75) is 82.0 Å². The Labute approximate surface area is 138 Å². The summed E-state index contributed by atoms with van der Waals surface area (Å²) in [5.41, 5.74) is -2.93. The van der Waals surface area contributed by atoms with Crippen LogP contribution in [0.3, 0.4) is 0 Å². The first-order valence-corrected chi connectivity index (χ1v) is 8.50. The van der Waals surface area contributed by atoms with Crippen LogP contribution < -0.4 is 0 Å². The molecule has 8 atom stereocenters. The van der Waals surface area contributed by atoms with Crippen LogP contribution in [-0.4, -0.2) is 40.7 Å². The molecule has 1 spiro atoms. The standard InChI is InChI=1S/C16H23F3O5/c1-8-4-5-10-14(3,11(20)16(17,18)19)22-12-15(10)9(8)6-7-13(2,21-12)23-24-15/h8-12,20H,4-7H2,1-3H3/t8-,9+,10+,11+,12+,13+,14+,15-/m1/s1. The van der Waals surface area contributed by atoms with Gasteiger partial charge in [0.1, 0.15) is 5.60 Å². The Bertz CT molecular complexity index is 542. The van der Waals surface area contributed by atoms with Gasteiger partial charge in [0, 0.05) is 12.3 Å². The van der Waals surface area contributed by atoms with E-state index in [0.717, 1.165) is 12.8 Å². The van der Waals surface area contributed by atoms with Gasteiger partial charge in [0.05, 0.1) is 0 Å². The molecule has 8 heteroatoms. The molecule has 1 aliphatic carbocycles. The summed E-state index contributed by atoms with van der Waals surface area (Å²) < 4.78 is 51.5. The third kappa shape index (κ3) is 2.00. The van der Waals surface area contributed by atoms with E-state index in [4.69, 9.17) is 19.2 Å². The largest absolute Gasteiger partial charge is 0.417 e. The third-order valence-electron chi connectivity index (χ3n) is 6.62. The summed E-state index contributed by atoms with van der Waals surface area (Å²) in [5, 5.41) is 10.0. The molecule has 5 fully saturated rings. The normalized spacial score (nSPS) is 55.1. The predicted octanol–water partition coefficient (Wildman–Crippen LogP) is 2.91. The number of hydrogen-bond acceptors (Lipinski definition) is 5. The van der Waals surface area contributed by atoms with Gasteiger partial charge in [-0.05, 0) is 44.9 Å². The van der Waals surface area contributed by atoms with Crippen LogP contribution in [0.5, 0.6) is 0 Å². The van der Waals surface area contributed by atoms with Crippen molar-refractivity contribution in [3.05, 3.63) is 0 Å². The minimum absolute atomic E-state index is 0.0344. The van der Waals surface area contributed by atoms with Crippen LogP contribution in [0.25, 0.3) is 0 Å². The molecule has 4 aliphatic heterocycles. The Hall–Kier alpha value is -0.410. The third-order valence-corrected chi connectivity index (χ3v) is 6.62. The highest BCUT2D eigenvalue weighted by Gasteiger charge is 2.77. The lowest BCUT2D eigenvalue weighted by atomic mass is 9.59. The number of hydrogen-bond donors (Lipinski definition) is 1. The van der Waals surface area contributed by atoms with Gasteiger partial charge in [-0.2, -0.15) is 13.2 Å². The van der Waals surface area contributed by atoms with Crippen molar-refractivity contribution in [1.29, 1.82) is 0 Å². The average molecular weight is 352 g/mol. The van der Waals surface area contributed by atoms with Gasteiger partial charge in [-0.1, -0.05) is 6.92 Å². The zero-order chi connectivity index (χ0) is 17.5. The summed E-state index contributed by atoms with van der Waals surface area (Å²) in [7, 11) is 0. The maximum absolute atomic E-state index is 13.3. The van der Waals surface area contributed by atoms with Crippen LogP contribution in [0.2, 0.25) is 0 Å². The summed E-state index contributed by atoms with van der Waals surface area (Å²) >= 11 is 0. The van der Waals surface area contributed by atoms with Crippen LogP contribution in [0, 0.1) is 17.8 Å². The Morgan fingerprint density at radius 3 is 2.46 bits per heavy atom. The quantitative estimate of drug-likeness (QED) is 0.736. The summed E-state index contributed by atoms with van der Waals surface area (Å²) in [6.45, 7) is 5.09. The molecule has 4 saturated heterocycles. The lowest BCUT2D eigenvalue weighted by Crippen LogP contribution is -2.63. The molecule has 5 rings (SSSR count). The molecule has 2 bridgehead atoms. The number of aliphatic hydroxyl groups excluding tert-OH is 1. The van der Waals surface area contributed by atoms with Crippen molar-refractivity contribution in [3.8, 4) is 0 Å². The number of halogens is 3. The van der Waals surface area contributed by atoms with E-state index in [2.05, 4.69) is 6.92 Å². The second-order valence-corrected chi connectivity index (χ2v) is 8.10. The van der Waals surface area contributed by atoms with Crippen LogP contribution in [0.1, 0.15) is 46.5 Å². The van der Waals surface area contributed by atoms with E-state index in [1.54, 1.807) is 6.92 Å². The number of aliphatic hydroxyl groups is 1. The van der Waals surface area contributed by atoms with Crippen LogP contribution >= 0.6 is 0 Å². The molecule has 0 unspecified atom stereocenters. The van der Waals surface area contributed by atoms with Crippen molar-refractivity contribution in [3.63, 3.8) is 0 Å². The zero-order valence-electron chi connectivity index (χ0n) is 13.9. The average Bonchev–Trinajstić information content (AvgIpc) is 2.58. The summed E-state index contributed by atoms with van der Waals surface area (Å²) in [5.74, 6) is -1.47. The van der Waals surface area contributed by atoms with Gasteiger partial charge in [-0.3, -0.25) is 0 Å². The van der Waals surface area contributed by atoms with Gasteiger partial charge in [-0.25, -0.2) is 9.78 Å². The molecule has 5 aliphatic rings. The fourth-order valence-corrected chi connectivity index (χ4v) is 5.33. The zero-order valence-corrected chi connectivity index (χ0v) is 13.9. The molecule has 0 radical (unpaired) electrons. The molecule has 4 heterocycles. The highest BCUT2D eigenvalue weighted by molar-refractivity contribution is 5.17. The van der Waals surface area contributed by atoms with E-state index in [9.17, 15) is 18.3 Å². The van der Waals surface area contributed by atoms with E-state index < -0.39 is 41.5 Å². The second kappa shape index (κ2) is 4.85. The molecule has 1 saturated carbocycles. The SMILES string of the molecule is C[C@@H]1CC[C@H]2[C@@](C)([C@H](O)C(F)(F)F)O[C@@H]3O[C@]4(C)CC[C@@H]1[C@]32OO4. The van der Waals surface area contributed by atoms with Crippen molar-refractivity contribution < 1.29 is 37.5 Å². The smallest absolute Gasteiger partial charge is 0.381 e. The van der Waals surface area contributed by atoms with Crippen LogP contribution in [0.4, 0.5) is 13.2 Å². The van der Waals surface area contributed by atoms with E-state index in [1.807, 2.05) is 0 Å². The Balaban J connectivity index is 1.81. The van der Waals surface area contributed by atoms with Gasteiger partial charge in [0.2, 0.25) is 5.79 Å². The van der Waals surface area contributed by atoms with Crippen molar-refractivity contribution in [1.82, 2.24) is 0 Å². The molecule has 138 valence electrons. The molecule has 0 aromatic heterocycles. The van der Waals surface area contributed by atoms with Crippen LogP contribution in [0.15, 0.2) is 0 Å². The van der Waals surface area contributed by atoms with Gasteiger partial charge < -0.3 is 14.6 Å². The molecule has 0 aromatic rings. The number of ether oxygens (including phenoxy) is 2. The highest BCUT2D eigenvalue weighted by atomic mass is 19.4. The molecule has 0 amide bonds. The van der Waals surface area contributed by atoms with Gasteiger partial charge in [-0.15, -0.1) is 0 Å². The number of fused-ring (bicyclic) bond motifs is 2. The number of alkyl halides is 3. The monoisotopic (exact) mass is 352 g/mol. The maximum Gasteiger partial charge on any atom is 0.417 e. The Morgan fingerprint density at radius 1 is 1.08 bits per heavy atom. The minimum Gasteiger partial charge on any atom is -0.381 e. The first-order chi connectivity index (χ1) is 11.0. The fourth-order valence-electron chi connectivity index (χ4n) is 5.33. The second-order valence-electron chi connectivity index (χ2n) is 8.10. The fraction of sp³-hybridized carbons (Fsp3) is 1.00. The topological polar surface area (TPSA) is 57.2 Å². The van der Waals surface area contributed by atoms with E-state index in [-0.39, 0.29) is 11.8 Å². The summed E-state index contributed by atoms with van der Waals surface area (Å²) in [6.07, 6.45) is -5.82. The number of rotatable bonds is 1. The molecule has 1 N–H and O–H groups in total. The van der Waals surface area contributed by atoms with E-state index >= 15 is 0 Å². The lowest BCUT2D eigenvalue weighted by molar-refractivity contribution is -0.541. The Morgan fingerprint density at radius 2 is 1.79 bits per heavy atom. The van der Waals surface area contributed by atoms with E-state index in [1.165, 1.54) is 6.92 Å². The molecular weight excluding hydrogens is 329 g/mol. The first-order valence-electron chi connectivity index (χ1n) is 8.50. The van der Waals surface area contributed by atoms with E-state index in [0.29, 0.717) is 12.8 Å². The summed E-state index contributed by atoms with van der Waals surface area (Å²) in [6, 6.07) is 0. The van der Waals surface area contributed by atoms with Crippen molar-refractivity contribution in [2.24, 2.45) is 17.8 Å². The van der Waals surface area contributed by atoms with Crippen molar-refractivity contribution >= 4 is 0 Å². The predicted molar refractivity (Wildman–Crippen MR) is 74.3 cm³/mol. The lowest BCUT2D eigenvalue weighted by Gasteiger charge is -2.51. The minimum atomic E-state index is -4.78. The molecule has 0 aromatic carbocycles. The molecular formula is C16H23F3O5. The first kappa shape index (κ1) is 17.0. The van der Waals surface area contributed by atoms with Gasteiger partial charge >= 0.3 is 6.18 Å². The highest BCUT2D eigenvalue weighted by Crippen LogP contribution is 2.64. The Kier molecular flexibility index (Phi) is 3.44. The van der Waals surface area contributed by atoms with Gasteiger partial charge in [0.25, 0.3) is 0 Å². The molecule has 24 heavy (non-hydrogen) atoms. The van der Waals surface area contributed by atoms with Crippen LogP contribution in [-0.2, 0) is 19.2 Å². The summed E-state index contributed by atoms with van der Waals surface area (Å²) in [4.78, 5) is 11.3. The molecule has 5 nitrogen and oxygen atoms in total.